The number of carbonyl (C=O) groups is 1. The van der Waals surface area contributed by atoms with Crippen LogP contribution in [0.25, 0.3) is 11.6 Å². The van der Waals surface area contributed by atoms with E-state index in [1.54, 1.807) is 0 Å². The van der Waals surface area contributed by atoms with Crippen LogP contribution in [0.15, 0.2) is 84.9 Å². The van der Waals surface area contributed by atoms with Gasteiger partial charge in [0.15, 0.2) is 0 Å². The van der Waals surface area contributed by atoms with Gasteiger partial charge in [-0.05, 0) is 96.6 Å². The van der Waals surface area contributed by atoms with Crippen molar-refractivity contribution in [1.29, 1.82) is 0 Å². The summed E-state index contributed by atoms with van der Waals surface area (Å²) in [5.41, 5.74) is 5.35. The molecule has 4 aliphatic rings. The number of anilines is 1. The van der Waals surface area contributed by atoms with Crippen molar-refractivity contribution < 1.29 is 4.79 Å². The minimum absolute atomic E-state index is 0.0763. The summed E-state index contributed by atoms with van der Waals surface area (Å²) in [5, 5.41) is 3.15. The van der Waals surface area contributed by atoms with Crippen LogP contribution in [0.5, 0.6) is 0 Å². The van der Waals surface area contributed by atoms with Gasteiger partial charge in [-0.25, -0.2) is 0 Å². The lowest BCUT2D eigenvalue weighted by Crippen LogP contribution is -2.48. The molecule has 0 saturated heterocycles. The summed E-state index contributed by atoms with van der Waals surface area (Å²) in [6.45, 7) is 0. The number of nitrogens with one attached hydrogen (secondary N) is 1. The van der Waals surface area contributed by atoms with Crippen LogP contribution in [0.2, 0.25) is 0 Å². The van der Waals surface area contributed by atoms with Crippen LogP contribution in [-0.2, 0) is 10.2 Å². The van der Waals surface area contributed by atoms with E-state index in [0.29, 0.717) is 11.0 Å². The van der Waals surface area contributed by atoms with E-state index in [1.807, 2.05) is 66.7 Å². The lowest BCUT2D eigenvalue weighted by atomic mass is 9.48. The SMILES string of the molecule is O=C(Nc1ccc(C23CC4CC(CC(C4)C2)C3)cc1)/C(=C/c1ccccc1)c1ccccc1. The molecule has 4 bridgehead atoms. The quantitative estimate of drug-likeness (QED) is 0.331. The van der Waals surface area contributed by atoms with Crippen molar-refractivity contribution >= 4 is 23.2 Å². The predicted octanol–water partition coefficient (Wildman–Crippen LogP) is 7.33. The Labute approximate surface area is 196 Å². The second-order valence-corrected chi connectivity index (χ2v) is 10.6. The maximum Gasteiger partial charge on any atom is 0.256 e. The molecule has 2 nitrogen and oxygen atoms in total. The Balaban J connectivity index is 1.24. The van der Waals surface area contributed by atoms with Crippen LogP contribution in [-0.4, -0.2) is 5.91 Å². The number of hydrogen-bond acceptors (Lipinski definition) is 1. The molecule has 0 radical (unpaired) electrons. The van der Waals surface area contributed by atoms with E-state index in [-0.39, 0.29) is 5.91 Å². The van der Waals surface area contributed by atoms with E-state index < -0.39 is 0 Å². The summed E-state index contributed by atoms with van der Waals surface area (Å²) in [5.74, 6) is 2.74. The van der Waals surface area contributed by atoms with Crippen molar-refractivity contribution in [3.8, 4) is 0 Å². The van der Waals surface area contributed by atoms with Crippen LogP contribution >= 0.6 is 0 Å². The molecule has 7 rings (SSSR count). The predicted molar refractivity (Wildman–Crippen MR) is 136 cm³/mol. The highest BCUT2D eigenvalue weighted by Gasteiger charge is 2.51. The third-order valence-corrected chi connectivity index (χ3v) is 8.23. The number of hydrogen-bond donors (Lipinski definition) is 1. The second-order valence-electron chi connectivity index (χ2n) is 10.6. The maximum absolute atomic E-state index is 13.3. The van der Waals surface area contributed by atoms with Crippen molar-refractivity contribution in [2.75, 3.05) is 5.32 Å². The zero-order valence-corrected chi connectivity index (χ0v) is 19.0. The van der Waals surface area contributed by atoms with Gasteiger partial charge in [0, 0.05) is 11.3 Å². The van der Waals surface area contributed by atoms with Gasteiger partial charge >= 0.3 is 0 Å². The van der Waals surface area contributed by atoms with E-state index in [1.165, 1.54) is 44.1 Å². The Kier molecular flexibility index (Phi) is 5.17. The molecule has 4 saturated carbocycles. The molecule has 3 aromatic carbocycles. The van der Waals surface area contributed by atoms with Crippen LogP contribution < -0.4 is 5.32 Å². The monoisotopic (exact) mass is 433 g/mol. The van der Waals surface area contributed by atoms with Gasteiger partial charge in [0.25, 0.3) is 5.91 Å². The highest BCUT2D eigenvalue weighted by atomic mass is 16.1. The summed E-state index contributed by atoms with van der Waals surface area (Å²) in [6, 6.07) is 28.7. The molecule has 166 valence electrons. The molecule has 33 heavy (non-hydrogen) atoms. The minimum Gasteiger partial charge on any atom is -0.322 e. The number of rotatable bonds is 5. The van der Waals surface area contributed by atoms with Crippen molar-refractivity contribution in [2.45, 2.75) is 43.9 Å². The molecule has 1 amide bonds. The Morgan fingerprint density at radius 2 is 1.27 bits per heavy atom. The lowest BCUT2D eigenvalue weighted by Gasteiger charge is -2.57. The molecule has 2 heteroatoms. The van der Waals surface area contributed by atoms with Crippen molar-refractivity contribution in [2.24, 2.45) is 17.8 Å². The summed E-state index contributed by atoms with van der Waals surface area (Å²) in [6.07, 6.45) is 10.4. The van der Waals surface area contributed by atoms with E-state index in [9.17, 15) is 4.79 Å². The van der Waals surface area contributed by atoms with Crippen LogP contribution in [0.4, 0.5) is 5.69 Å². The molecular formula is C31H31NO. The highest BCUT2D eigenvalue weighted by molar-refractivity contribution is 6.29. The maximum atomic E-state index is 13.3. The van der Waals surface area contributed by atoms with Gasteiger partial charge in [-0.3, -0.25) is 4.79 Å². The standard InChI is InChI=1S/C31H31NO/c33-30(29(26-9-5-2-6-10-26)18-22-7-3-1-4-8-22)32-28-13-11-27(12-14-28)31-19-23-15-24(20-31)17-25(16-23)21-31/h1-14,18,23-25H,15-17,19-21H2,(H,32,33)/b29-18+. The van der Waals surface area contributed by atoms with Gasteiger partial charge in [0.2, 0.25) is 0 Å². The van der Waals surface area contributed by atoms with Crippen LogP contribution in [0.1, 0.15) is 55.2 Å². The minimum atomic E-state index is -0.0763. The third-order valence-electron chi connectivity index (χ3n) is 8.23. The largest absolute Gasteiger partial charge is 0.322 e. The Bertz CT molecular complexity index is 1130. The van der Waals surface area contributed by atoms with Crippen molar-refractivity contribution in [3.05, 3.63) is 102 Å². The summed E-state index contributed by atoms with van der Waals surface area (Å²) >= 11 is 0. The van der Waals surface area contributed by atoms with Gasteiger partial charge in [-0.15, -0.1) is 0 Å². The lowest BCUT2D eigenvalue weighted by molar-refractivity contribution is -0.111. The normalized spacial score (nSPS) is 28.0. The average molecular weight is 434 g/mol. The van der Waals surface area contributed by atoms with Crippen molar-refractivity contribution in [1.82, 2.24) is 0 Å². The zero-order chi connectivity index (χ0) is 22.3. The molecule has 0 heterocycles. The molecule has 4 fully saturated rings. The fraction of sp³-hybridized carbons (Fsp3) is 0.323. The summed E-state index contributed by atoms with van der Waals surface area (Å²) < 4.78 is 0. The molecule has 0 atom stereocenters. The first-order valence-electron chi connectivity index (χ1n) is 12.4. The second kappa shape index (κ2) is 8.33. The molecule has 1 N–H and O–H groups in total. The molecule has 4 aliphatic carbocycles. The number of carbonyl (C=O) groups excluding carboxylic acids is 1. The van der Waals surface area contributed by atoms with Gasteiger partial charge in [-0.2, -0.15) is 0 Å². The highest BCUT2D eigenvalue weighted by Crippen LogP contribution is 2.60. The van der Waals surface area contributed by atoms with E-state index in [4.69, 9.17) is 0 Å². The Morgan fingerprint density at radius 3 is 1.85 bits per heavy atom. The first-order chi connectivity index (χ1) is 16.2. The summed E-state index contributed by atoms with van der Waals surface area (Å²) in [7, 11) is 0. The van der Waals surface area contributed by atoms with Gasteiger partial charge in [0.05, 0.1) is 0 Å². The fourth-order valence-corrected chi connectivity index (χ4v) is 7.18. The van der Waals surface area contributed by atoms with Crippen molar-refractivity contribution in [3.63, 3.8) is 0 Å². The Morgan fingerprint density at radius 1 is 0.727 bits per heavy atom. The van der Waals surface area contributed by atoms with E-state index in [2.05, 4.69) is 29.6 Å². The van der Waals surface area contributed by atoms with Gasteiger partial charge < -0.3 is 5.32 Å². The van der Waals surface area contributed by atoms with Gasteiger partial charge in [-0.1, -0.05) is 72.8 Å². The molecule has 0 spiro atoms. The van der Waals surface area contributed by atoms with Gasteiger partial charge in [0.1, 0.15) is 0 Å². The first kappa shape index (κ1) is 20.5. The van der Waals surface area contributed by atoms with Crippen LogP contribution in [0.3, 0.4) is 0 Å². The van der Waals surface area contributed by atoms with E-state index in [0.717, 1.165) is 34.6 Å². The molecular weight excluding hydrogens is 402 g/mol. The molecule has 0 aliphatic heterocycles. The molecule has 0 unspecified atom stereocenters. The zero-order valence-electron chi connectivity index (χ0n) is 19.0. The number of amides is 1. The Hall–Kier alpha value is -3.13. The third kappa shape index (κ3) is 4.04. The average Bonchev–Trinajstić information content (AvgIpc) is 2.83. The topological polar surface area (TPSA) is 29.1 Å². The first-order valence-corrected chi connectivity index (χ1v) is 12.4. The molecule has 0 aromatic heterocycles. The molecule has 3 aromatic rings. The number of benzene rings is 3. The smallest absolute Gasteiger partial charge is 0.256 e. The fourth-order valence-electron chi connectivity index (χ4n) is 7.18. The van der Waals surface area contributed by atoms with E-state index >= 15 is 0 Å². The van der Waals surface area contributed by atoms with Crippen LogP contribution in [0, 0.1) is 17.8 Å². The summed E-state index contributed by atoms with van der Waals surface area (Å²) in [4.78, 5) is 13.3.